The maximum atomic E-state index is 12.2. The van der Waals surface area contributed by atoms with Crippen LogP contribution in [0.5, 0.6) is 0 Å². The Balaban J connectivity index is 2.51. The molecule has 0 saturated carbocycles. The second-order valence-corrected chi connectivity index (χ2v) is 6.55. The predicted molar refractivity (Wildman–Crippen MR) is 87.4 cm³/mol. The molecule has 4 heteroatoms. The monoisotopic (exact) mass is 298 g/mol. The summed E-state index contributed by atoms with van der Waals surface area (Å²) in [7, 11) is 0. The van der Waals surface area contributed by atoms with Crippen LogP contribution in [0.1, 0.15) is 66.7 Å². The summed E-state index contributed by atoms with van der Waals surface area (Å²) in [6.07, 6.45) is 5.79. The van der Waals surface area contributed by atoms with E-state index >= 15 is 0 Å². The highest BCUT2D eigenvalue weighted by atomic mass is 16.5. The Kier molecular flexibility index (Phi) is 7.67. The number of likely N-dealkylation sites (N-methyl/N-ethyl adjacent to an activating group) is 1. The van der Waals surface area contributed by atoms with Crippen LogP contribution in [0.15, 0.2) is 0 Å². The van der Waals surface area contributed by atoms with E-state index in [1.807, 2.05) is 20.8 Å². The van der Waals surface area contributed by atoms with Gasteiger partial charge in [0.15, 0.2) is 0 Å². The Labute approximate surface area is 130 Å². The summed E-state index contributed by atoms with van der Waals surface area (Å²) in [5.74, 6) is -0.119. The van der Waals surface area contributed by atoms with E-state index < -0.39 is 5.54 Å². The SMILES string of the molecule is CCNC(C)(CCCN1C(C)CCCC1C)C(=O)OCC. The second-order valence-electron chi connectivity index (χ2n) is 6.55. The Bertz CT molecular complexity index is 312. The van der Waals surface area contributed by atoms with Crippen LogP contribution < -0.4 is 5.32 Å². The van der Waals surface area contributed by atoms with Crippen LogP contribution in [0.2, 0.25) is 0 Å². The van der Waals surface area contributed by atoms with Gasteiger partial charge in [0, 0.05) is 12.1 Å². The zero-order valence-corrected chi connectivity index (χ0v) is 14.6. The summed E-state index contributed by atoms with van der Waals surface area (Å²) in [6.45, 7) is 12.8. The summed E-state index contributed by atoms with van der Waals surface area (Å²) in [5, 5.41) is 3.31. The van der Waals surface area contributed by atoms with Gasteiger partial charge in [0.2, 0.25) is 0 Å². The number of ether oxygens (including phenoxy) is 1. The fraction of sp³-hybridized carbons (Fsp3) is 0.941. The second kappa shape index (κ2) is 8.74. The minimum atomic E-state index is -0.549. The highest BCUT2D eigenvalue weighted by Gasteiger charge is 2.34. The molecule has 0 aromatic rings. The van der Waals surface area contributed by atoms with E-state index in [4.69, 9.17) is 4.74 Å². The van der Waals surface area contributed by atoms with Crippen molar-refractivity contribution >= 4 is 5.97 Å². The minimum Gasteiger partial charge on any atom is -0.465 e. The quantitative estimate of drug-likeness (QED) is 0.700. The molecule has 3 unspecified atom stereocenters. The Hall–Kier alpha value is -0.610. The fourth-order valence-corrected chi connectivity index (χ4v) is 3.47. The lowest BCUT2D eigenvalue weighted by atomic mass is 9.93. The van der Waals surface area contributed by atoms with E-state index in [-0.39, 0.29) is 5.97 Å². The number of hydrogen-bond donors (Lipinski definition) is 1. The van der Waals surface area contributed by atoms with Crippen LogP contribution in [0.3, 0.4) is 0 Å². The molecule has 0 bridgehead atoms. The van der Waals surface area contributed by atoms with Crippen molar-refractivity contribution in [2.24, 2.45) is 0 Å². The molecular weight excluding hydrogens is 264 g/mol. The summed E-state index contributed by atoms with van der Waals surface area (Å²) in [6, 6.07) is 1.34. The minimum absolute atomic E-state index is 0.119. The third-order valence-electron chi connectivity index (χ3n) is 4.76. The molecule has 1 rings (SSSR count). The van der Waals surface area contributed by atoms with Crippen LogP contribution in [0.4, 0.5) is 0 Å². The van der Waals surface area contributed by atoms with Gasteiger partial charge in [-0.15, -0.1) is 0 Å². The summed E-state index contributed by atoms with van der Waals surface area (Å²) in [4.78, 5) is 14.8. The number of carbonyl (C=O) groups excluding carboxylic acids is 1. The first-order chi connectivity index (χ1) is 9.94. The molecule has 1 aliphatic heterocycles. The van der Waals surface area contributed by atoms with E-state index in [1.54, 1.807) is 0 Å². The molecule has 1 N–H and O–H groups in total. The van der Waals surface area contributed by atoms with Crippen molar-refractivity contribution in [3.8, 4) is 0 Å². The standard InChI is InChI=1S/C17H34N2O2/c1-6-18-17(5,16(20)21-7-2)12-9-13-19-14(3)10-8-11-15(19)4/h14-15,18H,6-13H2,1-5H3. The van der Waals surface area contributed by atoms with E-state index in [2.05, 4.69) is 24.1 Å². The van der Waals surface area contributed by atoms with E-state index in [1.165, 1.54) is 19.3 Å². The third-order valence-corrected chi connectivity index (χ3v) is 4.76. The lowest BCUT2D eigenvalue weighted by molar-refractivity contribution is -0.150. The molecule has 1 saturated heterocycles. The summed E-state index contributed by atoms with van der Waals surface area (Å²) in [5.41, 5.74) is -0.549. The lowest BCUT2D eigenvalue weighted by Crippen LogP contribution is -2.51. The van der Waals surface area contributed by atoms with Crippen molar-refractivity contribution in [3.63, 3.8) is 0 Å². The zero-order chi connectivity index (χ0) is 15.9. The largest absolute Gasteiger partial charge is 0.465 e. The number of piperidine rings is 1. The lowest BCUT2D eigenvalue weighted by Gasteiger charge is -2.39. The molecule has 21 heavy (non-hydrogen) atoms. The van der Waals surface area contributed by atoms with Crippen LogP contribution in [-0.4, -0.2) is 48.2 Å². The molecule has 0 aromatic carbocycles. The van der Waals surface area contributed by atoms with Gasteiger partial charge in [0.1, 0.15) is 5.54 Å². The number of likely N-dealkylation sites (tertiary alicyclic amines) is 1. The van der Waals surface area contributed by atoms with Gasteiger partial charge in [-0.05, 0) is 66.5 Å². The summed E-state index contributed by atoms with van der Waals surface area (Å²) < 4.78 is 5.23. The number of rotatable bonds is 8. The average Bonchev–Trinajstić information content (AvgIpc) is 2.42. The summed E-state index contributed by atoms with van der Waals surface area (Å²) >= 11 is 0. The normalized spacial score (nSPS) is 26.3. The fourth-order valence-electron chi connectivity index (χ4n) is 3.47. The molecule has 0 amide bonds. The highest BCUT2D eigenvalue weighted by Crippen LogP contribution is 2.24. The maximum absolute atomic E-state index is 12.2. The van der Waals surface area contributed by atoms with Gasteiger partial charge in [-0.3, -0.25) is 9.69 Å². The van der Waals surface area contributed by atoms with Gasteiger partial charge in [0.25, 0.3) is 0 Å². The molecule has 1 heterocycles. The maximum Gasteiger partial charge on any atom is 0.326 e. The first kappa shape index (κ1) is 18.4. The number of nitrogens with zero attached hydrogens (tertiary/aromatic N) is 1. The average molecular weight is 298 g/mol. The molecule has 1 aliphatic rings. The first-order valence-corrected chi connectivity index (χ1v) is 8.62. The Morgan fingerprint density at radius 2 is 1.90 bits per heavy atom. The molecule has 1 fully saturated rings. The van der Waals surface area contributed by atoms with Crippen LogP contribution in [0, 0.1) is 0 Å². The molecular formula is C17H34N2O2. The number of esters is 1. The molecule has 4 nitrogen and oxygen atoms in total. The van der Waals surface area contributed by atoms with Crippen molar-refractivity contribution in [2.45, 2.75) is 84.3 Å². The van der Waals surface area contributed by atoms with E-state index in [9.17, 15) is 4.79 Å². The van der Waals surface area contributed by atoms with Crippen molar-refractivity contribution in [2.75, 3.05) is 19.7 Å². The van der Waals surface area contributed by atoms with Crippen LogP contribution >= 0.6 is 0 Å². The number of nitrogens with one attached hydrogen (secondary N) is 1. The van der Waals surface area contributed by atoms with E-state index in [0.717, 1.165) is 25.9 Å². The highest BCUT2D eigenvalue weighted by molar-refractivity contribution is 5.80. The van der Waals surface area contributed by atoms with Crippen molar-refractivity contribution < 1.29 is 9.53 Å². The van der Waals surface area contributed by atoms with Gasteiger partial charge in [-0.2, -0.15) is 0 Å². The molecule has 3 atom stereocenters. The zero-order valence-electron chi connectivity index (χ0n) is 14.6. The van der Waals surface area contributed by atoms with Gasteiger partial charge < -0.3 is 10.1 Å². The molecule has 0 aromatic heterocycles. The number of carbonyl (C=O) groups is 1. The van der Waals surface area contributed by atoms with Crippen LogP contribution in [-0.2, 0) is 9.53 Å². The number of hydrogen-bond acceptors (Lipinski definition) is 4. The van der Waals surface area contributed by atoms with Crippen molar-refractivity contribution in [1.82, 2.24) is 10.2 Å². The smallest absolute Gasteiger partial charge is 0.326 e. The van der Waals surface area contributed by atoms with Gasteiger partial charge in [-0.25, -0.2) is 0 Å². The van der Waals surface area contributed by atoms with Crippen LogP contribution in [0.25, 0.3) is 0 Å². The van der Waals surface area contributed by atoms with E-state index in [0.29, 0.717) is 18.7 Å². The topological polar surface area (TPSA) is 41.6 Å². The van der Waals surface area contributed by atoms with Gasteiger partial charge >= 0.3 is 5.97 Å². The third kappa shape index (κ3) is 5.26. The first-order valence-electron chi connectivity index (χ1n) is 8.62. The van der Waals surface area contributed by atoms with Crippen molar-refractivity contribution in [1.29, 1.82) is 0 Å². The van der Waals surface area contributed by atoms with Gasteiger partial charge in [0.05, 0.1) is 6.61 Å². The van der Waals surface area contributed by atoms with Gasteiger partial charge in [-0.1, -0.05) is 13.3 Å². The molecule has 124 valence electrons. The molecule has 0 spiro atoms. The Morgan fingerprint density at radius 3 is 2.43 bits per heavy atom. The molecule has 0 aliphatic carbocycles. The van der Waals surface area contributed by atoms with Crippen molar-refractivity contribution in [3.05, 3.63) is 0 Å². The predicted octanol–water partition coefficient (Wildman–Crippen LogP) is 2.96. The Morgan fingerprint density at radius 1 is 1.29 bits per heavy atom. The molecule has 0 radical (unpaired) electrons.